The van der Waals surface area contributed by atoms with Gasteiger partial charge in [-0.15, -0.1) is 0 Å². The van der Waals surface area contributed by atoms with Gasteiger partial charge in [-0.3, -0.25) is 9.59 Å². The summed E-state index contributed by atoms with van der Waals surface area (Å²) in [6.07, 6.45) is 0.676. The number of aryl methyl sites for hydroxylation is 1. The van der Waals surface area contributed by atoms with Crippen LogP contribution in [0.1, 0.15) is 56.7 Å². The first-order valence-electron chi connectivity index (χ1n) is 10.8. The van der Waals surface area contributed by atoms with E-state index in [-0.39, 0.29) is 34.1 Å². The van der Waals surface area contributed by atoms with Crippen molar-refractivity contribution in [2.45, 2.75) is 38.8 Å². The van der Waals surface area contributed by atoms with Crippen molar-refractivity contribution in [1.29, 1.82) is 0 Å². The molecule has 2 atom stereocenters. The van der Waals surface area contributed by atoms with Gasteiger partial charge in [-0.1, -0.05) is 29.9 Å². The van der Waals surface area contributed by atoms with Gasteiger partial charge in [-0.2, -0.15) is 0 Å². The highest BCUT2D eigenvalue weighted by atomic mass is 35.5. The van der Waals surface area contributed by atoms with Crippen LogP contribution in [0.15, 0.2) is 0 Å². The monoisotopic (exact) mass is 516 g/mol. The van der Waals surface area contributed by atoms with Crippen LogP contribution in [0.25, 0.3) is 0 Å². The Labute approximate surface area is 204 Å². The maximum atomic E-state index is 12.7. The summed E-state index contributed by atoms with van der Waals surface area (Å²) in [5, 5.41) is 15.3. The van der Waals surface area contributed by atoms with Crippen LogP contribution in [0.2, 0.25) is 5.15 Å². The van der Waals surface area contributed by atoms with Crippen LogP contribution in [0.4, 0.5) is 9.52 Å². The summed E-state index contributed by atoms with van der Waals surface area (Å²) in [5.41, 5.74) is 0.415. The molecule has 3 rings (SSSR count). The number of nitrogens with zero attached hydrogens (tertiary/aromatic N) is 3. The molecule has 1 fully saturated rings. The molecule has 34 heavy (non-hydrogen) atoms. The van der Waals surface area contributed by atoms with Crippen LogP contribution < -0.4 is 15.5 Å². The van der Waals surface area contributed by atoms with Gasteiger partial charge in [0.15, 0.2) is 21.8 Å². The molecule has 0 aliphatic carbocycles. The van der Waals surface area contributed by atoms with Crippen molar-refractivity contribution in [2.24, 2.45) is 0 Å². The number of ether oxygens (including phenoxy) is 1. The minimum absolute atomic E-state index is 0.120. The van der Waals surface area contributed by atoms with Gasteiger partial charge >= 0.3 is 5.97 Å². The molecule has 0 aromatic carbocycles. The van der Waals surface area contributed by atoms with Gasteiger partial charge in [0.2, 0.25) is 0 Å². The lowest BCUT2D eigenvalue weighted by molar-refractivity contribution is 0.0271. The quantitative estimate of drug-likeness (QED) is 0.374. The number of H-pyrrole nitrogens is 1. The third kappa shape index (κ3) is 5.83. The number of hydrogen-bond acceptors (Lipinski definition) is 8. The van der Waals surface area contributed by atoms with E-state index in [1.54, 1.807) is 0 Å². The van der Waals surface area contributed by atoms with Gasteiger partial charge in [-0.25, -0.2) is 19.2 Å². The average Bonchev–Trinajstić information content (AvgIpc) is 3.43. The van der Waals surface area contributed by atoms with E-state index in [9.17, 15) is 23.9 Å². The van der Waals surface area contributed by atoms with Crippen molar-refractivity contribution in [3.05, 3.63) is 27.2 Å². The van der Waals surface area contributed by atoms with E-state index in [0.717, 1.165) is 11.3 Å². The summed E-state index contributed by atoms with van der Waals surface area (Å²) in [6.45, 7) is 3.87. The first kappa shape index (κ1) is 25.8. The number of carboxylic acids is 1. The molecule has 1 saturated heterocycles. The van der Waals surface area contributed by atoms with Crippen molar-refractivity contribution in [3.8, 4) is 0 Å². The maximum Gasteiger partial charge on any atom is 0.348 e. The minimum atomic E-state index is -1.29. The maximum absolute atomic E-state index is 12.7. The molecule has 1 aliphatic rings. The number of amides is 2. The Bertz CT molecular complexity index is 1050. The van der Waals surface area contributed by atoms with Gasteiger partial charge in [0.1, 0.15) is 11.6 Å². The number of aromatic nitrogens is 3. The Balaban J connectivity index is 1.74. The third-order valence-electron chi connectivity index (χ3n) is 5.23. The molecule has 14 heteroatoms. The SMILES string of the molecule is CCOC1CN(c2nc(C(=O)NCCF)c(C(=O)O)s2)CCC1NC(=O)c1nc(Cl)c(CC)[nH]1. The number of rotatable bonds is 10. The zero-order valence-corrected chi connectivity index (χ0v) is 20.3. The Morgan fingerprint density at radius 1 is 1.32 bits per heavy atom. The number of carbonyl (C=O) groups excluding carboxylic acids is 2. The molecule has 2 amide bonds. The number of aromatic carboxylic acids is 1. The van der Waals surface area contributed by atoms with E-state index in [1.165, 1.54) is 0 Å². The second kappa shape index (κ2) is 11.6. The third-order valence-corrected chi connectivity index (χ3v) is 6.65. The standard InChI is InChI=1S/C20H26ClFN6O5S/c1-3-10-15(21)27-16(24-10)18(30)25-11-5-8-28(9-12(11)33-4-2)20-26-13(14(34-20)19(31)32)17(29)23-7-6-22/h11-12H,3-9H2,1-2H3,(H,23,29)(H,24,27)(H,25,30)(H,31,32). The number of carbonyl (C=O) groups is 3. The zero-order chi connectivity index (χ0) is 24.8. The molecular weight excluding hydrogens is 491 g/mol. The molecule has 0 spiro atoms. The number of anilines is 1. The number of thiazole rings is 1. The predicted molar refractivity (Wildman–Crippen MR) is 124 cm³/mol. The summed E-state index contributed by atoms with van der Waals surface area (Å²) in [6, 6.07) is -0.330. The lowest BCUT2D eigenvalue weighted by Gasteiger charge is -2.38. The molecular formula is C20H26ClFN6O5S. The minimum Gasteiger partial charge on any atom is -0.477 e. The van der Waals surface area contributed by atoms with Gasteiger partial charge in [-0.05, 0) is 19.8 Å². The smallest absolute Gasteiger partial charge is 0.348 e. The molecule has 2 unspecified atom stereocenters. The van der Waals surface area contributed by atoms with Crippen molar-refractivity contribution < 1.29 is 28.6 Å². The van der Waals surface area contributed by atoms with Crippen molar-refractivity contribution >= 4 is 45.9 Å². The molecule has 186 valence electrons. The molecule has 1 aliphatic heterocycles. The van der Waals surface area contributed by atoms with Gasteiger partial charge in [0.25, 0.3) is 11.8 Å². The number of carboxylic acid groups (broad SMARTS) is 1. The molecule has 2 aromatic rings. The fourth-order valence-electron chi connectivity index (χ4n) is 3.59. The normalized spacial score (nSPS) is 18.1. The predicted octanol–water partition coefficient (Wildman–Crippen LogP) is 1.89. The zero-order valence-electron chi connectivity index (χ0n) is 18.7. The second-order valence-electron chi connectivity index (χ2n) is 7.44. The summed E-state index contributed by atoms with van der Waals surface area (Å²) in [7, 11) is 0. The van der Waals surface area contributed by atoms with E-state index < -0.39 is 30.6 Å². The fraction of sp³-hybridized carbons (Fsp3) is 0.550. The van der Waals surface area contributed by atoms with Crippen molar-refractivity contribution in [3.63, 3.8) is 0 Å². The topological polar surface area (TPSA) is 150 Å². The molecule has 11 nitrogen and oxygen atoms in total. The van der Waals surface area contributed by atoms with Gasteiger partial charge in [0.05, 0.1) is 17.8 Å². The highest BCUT2D eigenvalue weighted by Crippen LogP contribution is 2.30. The Hall–Kier alpha value is -2.77. The van der Waals surface area contributed by atoms with Gasteiger partial charge in [0, 0.05) is 26.2 Å². The molecule has 0 saturated carbocycles. The lowest BCUT2D eigenvalue weighted by Crippen LogP contribution is -2.55. The number of nitrogens with one attached hydrogen (secondary N) is 3. The summed E-state index contributed by atoms with van der Waals surface area (Å²) < 4.78 is 18.2. The van der Waals surface area contributed by atoms with E-state index in [1.807, 2.05) is 18.7 Å². The Morgan fingerprint density at radius 3 is 2.71 bits per heavy atom. The first-order chi connectivity index (χ1) is 16.3. The highest BCUT2D eigenvalue weighted by molar-refractivity contribution is 7.17. The molecule has 2 aromatic heterocycles. The first-order valence-corrected chi connectivity index (χ1v) is 12.0. The molecule has 0 bridgehead atoms. The van der Waals surface area contributed by atoms with Crippen LogP contribution in [-0.2, 0) is 11.2 Å². The highest BCUT2D eigenvalue weighted by Gasteiger charge is 2.34. The second-order valence-corrected chi connectivity index (χ2v) is 8.78. The van der Waals surface area contributed by atoms with Crippen LogP contribution in [0, 0.1) is 0 Å². The number of hydrogen-bond donors (Lipinski definition) is 4. The summed E-state index contributed by atoms with van der Waals surface area (Å²) >= 11 is 6.90. The van der Waals surface area contributed by atoms with E-state index in [4.69, 9.17) is 16.3 Å². The fourth-order valence-corrected chi connectivity index (χ4v) is 4.79. The van der Waals surface area contributed by atoms with Gasteiger partial charge < -0.3 is 30.4 Å². The number of imidazole rings is 1. The van der Waals surface area contributed by atoms with E-state index in [0.29, 0.717) is 43.4 Å². The van der Waals surface area contributed by atoms with Crippen LogP contribution in [0.3, 0.4) is 0 Å². The van der Waals surface area contributed by atoms with Crippen LogP contribution in [-0.4, -0.2) is 82.9 Å². The van der Waals surface area contributed by atoms with Crippen molar-refractivity contribution in [2.75, 3.05) is 37.8 Å². The Morgan fingerprint density at radius 2 is 2.09 bits per heavy atom. The van der Waals surface area contributed by atoms with Crippen LogP contribution >= 0.6 is 22.9 Å². The van der Waals surface area contributed by atoms with E-state index >= 15 is 0 Å². The summed E-state index contributed by atoms with van der Waals surface area (Å²) in [5.74, 6) is -2.32. The largest absolute Gasteiger partial charge is 0.477 e. The number of piperidine rings is 1. The molecule has 4 N–H and O–H groups in total. The van der Waals surface area contributed by atoms with E-state index in [2.05, 4.69) is 25.6 Å². The molecule has 3 heterocycles. The number of alkyl halides is 1. The Kier molecular flexibility index (Phi) is 8.80. The molecule has 0 radical (unpaired) electrons. The number of aromatic amines is 1. The average molecular weight is 517 g/mol. The lowest BCUT2D eigenvalue weighted by atomic mass is 10.0. The van der Waals surface area contributed by atoms with Crippen LogP contribution in [0.5, 0.6) is 0 Å². The number of halogens is 2. The van der Waals surface area contributed by atoms with Crippen molar-refractivity contribution in [1.82, 2.24) is 25.6 Å². The summed E-state index contributed by atoms with van der Waals surface area (Å²) in [4.78, 5) is 49.4.